The Morgan fingerprint density at radius 3 is 1.71 bits per heavy atom. The number of hydrogen-bond acceptors (Lipinski definition) is 5. The summed E-state index contributed by atoms with van der Waals surface area (Å²) in [5.41, 5.74) is 0. The average molecular weight is 282 g/mol. The second-order valence-corrected chi connectivity index (χ2v) is 8.81. The SMILES string of the molecule is CCO[Si](OCC)(OCC(CC)CC)P(=O)=O. The van der Waals surface area contributed by atoms with Crippen molar-refractivity contribution < 1.29 is 22.4 Å². The quantitative estimate of drug-likeness (QED) is 0.455. The molecule has 0 heterocycles. The first-order valence-corrected chi connectivity index (χ1v) is 9.86. The molecule has 0 saturated heterocycles. The maximum atomic E-state index is 11.3. The molecule has 0 aliphatic rings. The highest BCUT2D eigenvalue weighted by Gasteiger charge is 2.50. The first kappa shape index (κ1) is 17.0. The van der Waals surface area contributed by atoms with Crippen LogP contribution in [-0.4, -0.2) is 28.3 Å². The molecule has 7 heteroatoms. The maximum Gasteiger partial charge on any atom is 0.642 e. The van der Waals surface area contributed by atoms with E-state index < -0.39 is 15.7 Å². The molecule has 0 N–H and O–H groups in total. The molecular formula is C10H23O5PSi. The first-order valence-electron chi connectivity index (χ1n) is 6.12. The lowest BCUT2D eigenvalue weighted by molar-refractivity contribution is 0.0731. The zero-order valence-electron chi connectivity index (χ0n) is 11.1. The van der Waals surface area contributed by atoms with Crippen molar-refractivity contribution in [3.63, 3.8) is 0 Å². The van der Waals surface area contributed by atoms with Crippen molar-refractivity contribution in [2.45, 2.75) is 40.5 Å². The topological polar surface area (TPSA) is 61.8 Å². The molecule has 17 heavy (non-hydrogen) atoms. The Bertz CT molecular complexity index is 251. The third-order valence-electron chi connectivity index (χ3n) is 2.53. The molecule has 0 spiro atoms. The molecule has 0 bridgehead atoms. The van der Waals surface area contributed by atoms with E-state index in [1.165, 1.54) is 0 Å². The molecule has 0 amide bonds. The van der Waals surface area contributed by atoms with Gasteiger partial charge in [0.25, 0.3) is 0 Å². The van der Waals surface area contributed by atoms with E-state index in [0.29, 0.717) is 12.5 Å². The van der Waals surface area contributed by atoms with Gasteiger partial charge in [0.15, 0.2) is 0 Å². The molecule has 0 aliphatic carbocycles. The summed E-state index contributed by atoms with van der Waals surface area (Å²) in [7, 11) is -6.34. The molecule has 0 radical (unpaired) electrons. The molecule has 0 saturated carbocycles. The predicted octanol–water partition coefficient (Wildman–Crippen LogP) is 3.12. The maximum absolute atomic E-state index is 11.3. The van der Waals surface area contributed by atoms with E-state index in [0.717, 1.165) is 12.8 Å². The van der Waals surface area contributed by atoms with Gasteiger partial charge in [-0.1, -0.05) is 26.7 Å². The fraction of sp³-hybridized carbons (Fsp3) is 1.00. The molecule has 0 aromatic rings. The highest BCUT2D eigenvalue weighted by atomic mass is 31.4. The van der Waals surface area contributed by atoms with Crippen LogP contribution in [0.25, 0.3) is 0 Å². The van der Waals surface area contributed by atoms with Gasteiger partial charge in [0.2, 0.25) is 0 Å². The van der Waals surface area contributed by atoms with Crippen LogP contribution in [0.5, 0.6) is 0 Å². The summed E-state index contributed by atoms with van der Waals surface area (Å²) in [4.78, 5) is 0. The summed E-state index contributed by atoms with van der Waals surface area (Å²) in [6, 6.07) is 0. The van der Waals surface area contributed by atoms with Crippen LogP contribution in [0.2, 0.25) is 0 Å². The van der Waals surface area contributed by atoms with Crippen molar-refractivity contribution in [2.24, 2.45) is 5.92 Å². The minimum absolute atomic E-state index is 0.276. The number of rotatable bonds is 10. The van der Waals surface area contributed by atoms with Gasteiger partial charge < -0.3 is 13.3 Å². The van der Waals surface area contributed by atoms with Crippen molar-refractivity contribution in [1.82, 2.24) is 0 Å². The minimum Gasteiger partial charge on any atom is -0.364 e. The van der Waals surface area contributed by atoms with Crippen LogP contribution in [0.15, 0.2) is 0 Å². The Morgan fingerprint density at radius 1 is 0.941 bits per heavy atom. The third kappa shape index (κ3) is 5.44. The lowest BCUT2D eigenvalue weighted by atomic mass is 10.1. The first-order chi connectivity index (χ1) is 8.06. The van der Waals surface area contributed by atoms with Crippen molar-refractivity contribution >= 4 is 15.7 Å². The number of hydrogen-bond donors (Lipinski definition) is 0. The van der Waals surface area contributed by atoms with Gasteiger partial charge in [0.1, 0.15) is 0 Å². The fourth-order valence-electron chi connectivity index (χ4n) is 1.40. The van der Waals surface area contributed by atoms with E-state index in [9.17, 15) is 9.13 Å². The summed E-state index contributed by atoms with van der Waals surface area (Å²) in [6.07, 6.45) is 1.91. The summed E-state index contributed by atoms with van der Waals surface area (Å²) in [6.45, 7) is 8.51. The summed E-state index contributed by atoms with van der Waals surface area (Å²) < 4.78 is 38.7. The highest BCUT2D eigenvalue weighted by Crippen LogP contribution is 2.29. The van der Waals surface area contributed by atoms with Crippen LogP contribution < -0.4 is 0 Å². The van der Waals surface area contributed by atoms with Gasteiger partial charge in [-0.25, -0.2) is 9.13 Å². The zero-order chi connectivity index (χ0) is 13.3. The molecule has 5 nitrogen and oxygen atoms in total. The van der Waals surface area contributed by atoms with E-state index in [1.807, 2.05) is 0 Å². The molecule has 102 valence electrons. The van der Waals surface area contributed by atoms with Gasteiger partial charge in [-0.15, -0.1) is 0 Å². The Hall–Kier alpha value is -0.00312. The normalized spacial score (nSPS) is 12.1. The van der Waals surface area contributed by atoms with E-state index in [-0.39, 0.29) is 13.2 Å². The van der Waals surface area contributed by atoms with Gasteiger partial charge in [0.05, 0.1) is 0 Å². The largest absolute Gasteiger partial charge is 0.642 e. The van der Waals surface area contributed by atoms with Gasteiger partial charge in [0, 0.05) is 19.8 Å². The van der Waals surface area contributed by atoms with E-state index in [1.54, 1.807) is 13.8 Å². The minimum atomic E-state index is -3.51. The van der Waals surface area contributed by atoms with Gasteiger partial charge >= 0.3 is 15.7 Å². The van der Waals surface area contributed by atoms with Crippen LogP contribution in [0, 0.1) is 5.92 Å². The molecule has 0 rings (SSSR count). The summed E-state index contributed by atoms with van der Waals surface area (Å²) in [5, 5.41) is 0. The van der Waals surface area contributed by atoms with Gasteiger partial charge in [-0.2, -0.15) is 0 Å². The predicted molar refractivity (Wildman–Crippen MR) is 67.3 cm³/mol. The lowest BCUT2D eigenvalue weighted by Gasteiger charge is -2.23. The second kappa shape index (κ2) is 9.00. The second-order valence-electron chi connectivity index (χ2n) is 3.64. The van der Waals surface area contributed by atoms with Gasteiger partial charge in [-0.3, -0.25) is 0 Å². The van der Waals surface area contributed by atoms with Crippen molar-refractivity contribution in [2.75, 3.05) is 19.8 Å². The standard InChI is InChI=1S/C10H23O5PSi/c1-5-10(6-2)9-15-17(13-7-3,14-8-4)16(11)12/h10H,5-9H2,1-4H3. The molecular weight excluding hydrogens is 259 g/mol. The Balaban J connectivity index is 4.66. The third-order valence-corrected chi connectivity index (χ3v) is 7.32. The molecule has 0 aromatic carbocycles. The molecule has 0 fully saturated rings. The highest BCUT2D eigenvalue weighted by molar-refractivity contribution is 7.73. The average Bonchev–Trinajstić information content (AvgIpc) is 2.30. The van der Waals surface area contributed by atoms with Crippen LogP contribution in [0.1, 0.15) is 40.5 Å². The van der Waals surface area contributed by atoms with Crippen molar-refractivity contribution in [3.05, 3.63) is 0 Å². The monoisotopic (exact) mass is 282 g/mol. The fourth-order valence-corrected chi connectivity index (χ4v) is 5.08. The van der Waals surface area contributed by atoms with Crippen LogP contribution in [0.4, 0.5) is 0 Å². The Labute approximate surface area is 105 Å². The molecule has 0 atom stereocenters. The van der Waals surface area contributed by atoms with Crippen LogP contribution in [-0.2, 0) is 22.4 Å². The molecule has 0 aromatic heterocycles. The summed E-state index contributed by atoms with van der Waals surface area (Å²) in [5.74, 6) is 0.345. The lowest BCUT2D eigenvalue weighted by Crippen LogP contribution is -2.42. The molecule has 0 unspecified atom stereocenters. The van der Waals surface area contributed by atoms with E-state index in [4.69, 9.17) is 13.3 Å². The summed E-state index contributed by atoms with van der Waals surface area (Å²) >= 11 is 0. The van der Waals surface area contributed by atoms with E-state index >= 15 is 0 Å². The van der Waals surface area contributed by atoms with Crippen molar-refractivity contribution in [3.8, 4) is 0 Å². The van der Waals surface area contributed by atoms with E-state index in [2.05, 4.69) is 13.8 Å². The van der Waals surface area contributed by atoms with Crippen LogP contribution in [0.3, 0.4) is 0 Å². The van der Waals surface area contributed by atoms with Crippen molar-refractivity contribution in [1.29, 1.82) is 0 Å². The Kier molecular flexibility index (Phi) is 9.00. The van der Waals surface area contributed by atoms with Gasteiger partial charge in [-0.05, 0) is 19.8 Å². The van der Waals surface area contributed by atoms with Crippen LogP contribution >= 0.6 is 7.23 Å². The Morgan fingerprint density at radius 2 is 1.41 bits per heavy atom. The molecule has 0 aliphatic heterocycles. The smallest absolute Gasteiger partial charge is 0.364 e. The zero-order valence-corrected chi connectivity index (χ0v) is 13.0.